The number of fused-ring (bicyclic) bond motifs is 1. The highest BCUT2D eigenvalue weighted by atomic mass is 16.5. The second-order valence-electron chi connectivity index (χ2n) is 13.5. The molecule has 1 saturated heterocycles. The Bertz CT molecular complexity index is 1470. The van der Waals surface area contributed by atoms with Crippen molar-refractivity contribution in [2.75, 3.05) is 26.7 Å². The van der Waals surface area contributed by atoms with E-state index in [1.807, 2.05) is 19.2 Å². The molecule has 3 aromatic rings. The number of carbonyl (C=O) groups is 2. The normalized spacial score (nSPS) is 20.1. The van der Waals surface area contributed by atoms with Gasteiger partial charge in [-0.25, -0.2) is 4.98 Å². The van der Waals surface area contributed by atoms with Gasteiger partial charge in [0.2, 0.25) is 5.91 Å². The number of Topliss-reactive ketones (excluding diaryl/α,β-unsaturated/α-hetero) is 1. The van der Waals surface area contributed by atoms with Crippen LogP contribution in [-0.4, -0.2) is 58.3 Å². The molecule has 44 heavy (non-hydrogen) atoms. The first-order valence-corrected chi connectivity index (χ1v) is 17.0. The van der Waals surface area contributed by atoms with E-state index < -0.39 is 0 Å². The summed E-state index contributed by atoms with van der Waals surface area (Å²) in [6, 6.07) is 8.06. The number of carbonyl (C=O) groups excluding carboxylic acids is 2. The molecular formula is C36H49N5O3. The van der Waals surface area contributed by atoms with Crippen LogP contribution in [0.5, 0.6) is 5.75 Å². The van der Waals surface area contributed by atoms with Gasteiger partial charge in [-0.05, 0) is 87.9 Å². The number of aromatic amines is 1. The number of methoxy groups -OCH3 is 1. The third-order valence-electron chi connectivity index (χ3n) is 10.4. The van der Waals surface area contributed by atoms with E-state index in [0.717, 1.165) is 110 Å². The number of rotatable bonds is 15. The molecule has 6 rings (SSSR count). The Kier molecular flexibility index (Phi) is 9.36. The average Bonchev–Trinajstić information content (AvgIpc) is 3.95. The molecule has 1 amide bonds. The predicted octanol–water partition coefficient (Wildman–Crippen LogP) is 6.79. The molecule has 2 N–H and O–H groups in total. The lowest BCUT2D eigenvalue weighted by Crippen LogP contribution is -2.38. The Morgan fingerprint density at radius 2 is 1.95 bits per heavy atom. The fraction of sp³-hybridized carbons (Fsp3) is 0.611. The molecular weight excluding hydrogens is 550 g/mol. The van der Waals surface area contributed by atoms with Crippen LogP contribution >= 0.6 is 0 Å². The zero-order chi connectivity index (χ0) is 30.7. The topological polar surface area (TPSA) is 100 Å². The van der Waals surface area contributed by atoms with E-state index in [1.165, 1.54) is 19.4 Å². The molecule has 1 aromatic carbocycles. The summed E-state index contributed by atoms with van der Waals surface area (Å²) in [5, 5.41) is 4.46. The van der Waals surface area contributed by atoms with Crippen molar-refractivity contribution in [1.82, 2.24) is 25.2 Å². The van der Waals surface area contributed by atoms with Crippen molar-refractivity contribution < 1.29 is 14.3 Å². The second kappa shape index (κ2) is 13.4. The highest BCUT2D eigenvalue weighted by molar-refractivity contribution is 5.87. The Morgan fingerprint density at radius 3 is 2.68 bits per heavy atom. The summed E-state index contributed by atoms with van der Waals surface area (Å²) >= 11 is 0. The Labute approximate surface area is 261 Å². The van der Waals surface area contributed by atoms with Crippen LogP contribution in [0.2, 0.25) is 0 Å². The van der Waals surface area contributed by atoms with Crippen LogP contribution in [0.4, 0.5) is 0 Å². The molecule has 2 atom stereocenters. The molecule has 3 heterocycles. The maximum Gasteiger partial charge on any atom is 0.224 e. The third-order valence-corrected chi connectivity index (χ3v) is 10.4. The fourth-order valence-electron chi connectivity index (χ4n) is 7.11. The monoisotopic (exact) mass is 599 g/mol. The Hall–Kier alpha value is -3.26. The maximum atomic E-state index is 13.7. The Balaban J connectivity index is 1.16. The zero-order valence-electron chi connectivity index (χ0n) is 26.8. The first kappa shape index (κ1) is 30.8. The lowest BCUT2D eigenvalue weighted by molar-refractivity contribution is -0.124. The quantitative estimate of drug-likeness (QED) is 0.187. The summed E-state index contributed by atoms with van der Waals surface area (Å²) in [4.78, 5) is 41.2. The van der Waals surface area contributed by atoms with Crippen LogP contribution in [0.1, 0.15) is 102 Å². The molecule has 0 radical (unpaired) electrons. The number of ether oxygens (including phenoxy) is 1. The van der Waals surface area contributed by atoms with E-state index in [4.69, 9.17) is 14.7 Å². The van der Waals surface area contributed by atoms with Gasteiger partial charge in [0.05, 0.1) is 30.6 Å². The summed E-state index contributed by atoms with van der Waals surface area (Å²) < 4.78 is 5.78. The van der Waals surface area contributed by atoms with E-state index in [9.17, 15) is 9.59 Å². The summed E-state index contributed by atoms with van der Waals surface area (Å²) in [5.41, 5.74) is 3.93. The first-order valence-electron chi connectivity index (χ1n) is 17.0. The number of hydrogen-bond donors (Lipinski definition) is 2. The van der Waals surface area contributed by atoms with Gasteiger partial charge in [-0.3, -0.25) is 14.6 Å². The van der Waals surface area contributed by atoms with Gasteiger partial charge in [0, 0.05) is 48.0 Å². The number of imidazole rings is 1. The van der Waals surface area contributed by atoms with E-state index in [-0.39, 0.29) is 23.3 Å². The second-order valence-corrected chi connectivity index (χ2v) is 13.5. The molecule has 2 saturated carbocycles. The largest absolute Gasteiger partial charge is 0.496 e. The summed E-state index contributed by atoms with van der Waals surface area (Å²) in [6.07, 6.45) is 13.6. The minimum atomic E-state index is -0.203. The Morgan fingerprint density at radius 1 is 1.14 bits per heavy atom. The van der Waals surface area contributed by atoms with Gasteiger partial charge >= 0.3 is 0 Å². The minimum absolute atomic E-state index is 0.103. The highest BCUT2D eigenvalue weighted by Crippen LogP contribution is 2.59. The number of nitrogens with one attached hydrogen (secondary N) is 2. The number of hydrogen-bond acceptors (Lipinski definition) is 6. The molecule has 0 unspecified atom stereocenters. The molecule has 236 valence electrons. The van der Waals surface area contributed by atoms with Crippen molar-refractivity contribution in [2.45, 2.75) is 96.9 Å². The standard InChI is InChI=1S/C36H49N5O3/c1-4-26-14-13-25-19-28(33(44-3)20-31(25)38-26)32-22-37-34(39-32)30(10-8-6-7-9-27(42)5-2)40-35(43)29-21-36(29)15-17-41(18-16-36)23-24-11-12-24/h13-14,19-20,22,24,29-30H,4-12,15-18,21,23H2,1-3H3,(H,37,39)(H,40,43)/t29-,30+/m1/s1. The number of aryl methyl sites for hydroxylation is 1. The number of H-pyrrole nitrogens is 1. The first-order chi connectivity index (χ1) is 21.4. The number of piperidine rings is 1. The summed E-state index contributed by atoms with van der Waals surface area (Å²) in [5.74, 6) is 3.02. The van der Waals surface area contributed by atoms with Gasteiger partial charge in [0.1, 0.15) is 17.4 Å². The minimum Gasteiger partial charge on any atom is -0.496 e. The van der Waals surface area contributed by atoms with Crippen LogP contribution in [-0.2, 0) is 16.0 Å². The molecule has 0 bridgehead atoms. The van der Waals surface area contributed by atoms with Gasteiger partial charge in [0.25, 0.3) is 0 Å². The SMILES string of the molecule is CCC(=O)CCCCC[C@H](NC(=O)[C@H]1CC12CCN(CC1CC1)CC2)c1ncc(-c2cc3ccc(CC)nc3cc2OC)[nH]1. The maximum absolute atomic E-state index is 13.7. The lowest BCUT2D eigenvalue weighted by Gasteiger charge is -2.33. The third kappa shape index (κ3) is 7.01. The molecule has 1 spiro atoms. The van der Waals surface area contributed by atoms with Gasteiger partial charge in [-0.2, -0.15) is 0 Å². The van der Waals surface area contributed by atoms with E-state index in [0.29, 0.717) is 18.6 Å². The van der Waals surface area contributed by atoms with Crippen LogP contribution in [0.25, 0.3) is 22.2 Å². The molecule has 8 nitrogen and oxygen atoms in total. The van der Waals surface area contributed by atoms with E-state index in [2.05, 4.69) is 40.3 Å². The number of unbranched alkanes of at least 4 members (excludes halogenated alkanes) is 2. The lowest BCUT2D eigenvalue weighted by atomic mass is 9.90. The van der Waals surface area contributed by atoms with Crippen LogP contribution in [0.15, 0.2) is 30.5 Å². The van der Waals surface area contributed by atoms with Gasteiger partial charge < -0.3 is 19.9 Å². The number of benzene rings is 1. The number of aromatic nitrogens is 3. The number of likely N-dealkylation sites (tertiary alicyclic amines) is 1. The van der Waals surface area contributed by atoms with Crippen molar-refractivity contribution in [3.05, 3.63) is 42.0 Å². The predicted molar refractivity (Wildman–Crippen MR) is 173 cm³/mol. The van der Waals surface area contributed by atoms with Crippen molar-refractivity contribution in [1.29, 1.82) is 0 Å². The molecule has 3 aliphatic rings. The molecule has 8 heteroatoms. The van der Waals surface area contributed by atoms with E-state index >= 15 is 0 Å². The van der Waals surface area contributed by atoms with Crippen LogP contribution in [0.3, 0.4) is 0 Å². The average molecular weight is 600 g/mol. The zero-order valence-corrected chi connectivity index (χ0v) is 26.8. The highest BCUT2D eigenvalue weighted by Gasteiger charge is 2.58. The van der Waals surface area contributed by atoms with E-state index in [1.54, 1.807) is 7.11 Å². The van der Waals surface area contributed by atoms with Crippen molar-refractivity contribution >= 4 is 22.6 Å². The number of pyridine rings is 1. The van der Waals surface area contributed by atoms with Gasteiger partial charge in [-0.15, -0.1) is 0 Å². The summed E-state index contributed by atoms with van der Waals surface area (Å²) in [6.45, 7) is 7.54. The molecule has 1 aliphatic heterocycles. The molecule has 2 aromatic heterocycles. The number of amides is 1. The molecule has 2 aliphatic carbocycles. The van der Waals surface area contributed by atoms with Gasteiger partial charge in [0.15, 0.2) is 0 Å². The van der Waals surface area contributed by atoms with Gasteiger partial charge in [-0.1, -0.05) is 32.8 Å². The van der Waals surface area contributed by atoms with Crippen molar-refractivity contribution in [2.24, 2.45) is 17.3 Å². The van der Waals surface area contributed by atoms with Crippen LogP contribution < -0.4 is 10.1 Å². The van der Waals surface area contributed by atoms with Crippen molar-refractivity contribution in [3.63, 3.8) is 0 Å². The smallest absolute Gasteiger partial charge is 0.224 e. The summed E-state index contributed by atoms with van der Waals surface area (Å²) in [7, 11) is 1.68. The van der Waals surface area contributed by atoms with Crippen LogP contribution in [0, 0.1) is 17.3 Å². The number of nitrogens with zero attached hydrogens (tertiary/aromatic N) is 3. The molecule has 3 fully saturated rings. The van der Waals surface area contributed by atoms with Crippen molar-refractivity contribution in [3.8, 4) is 17.0 Å². The number of ketones is 1. The fourth-order valence-corrected chi connectivity index (χ4v) is 7.11.